The average Bonchev–Trinajstić information content (AvgIpc) is 3.20. The maximum Gasteiger partial charge on any atom is 0.0465 e. The van der Waals surface area contributed by atoms with Gasteiger partial charge in [0, 0.05) is 28.3 Å². The van der Waals surface area contributed by atoms with Crippen molar-refractivity contribution in [2.24, 2.45) is 5.92 Å². The van der Waals surface area contributed by atoms with Crippen LogP contribution in [0, 0.1) is 5.92 Å². The molecule has 2 heterocycles. The molecule has 0 saturated heterocycles. The van der Waals surface area contributed by atoms with Crippen molar-refractivity contribution in [3.63, 3.8) is 0 Å². The highest BCUT2D eigenvalue weighted by Gasteiger charge is 2.24. The first-order valence-corrected chi connectivity index (χ1v) is 9.93. The van der Waals surface area contributed by atoms with Crippen LogP contribution in [0.1, 0.15) is 54.8 Å². The highest BCUT2D eigenvalue weighted by Crippen LogP contribution is 2.31. The molecule has 3 atom stereocenters. The second-order valence-corrected chi connectivity index (χ2v) is 8.17. The van der Waals surface area contributed by atoms with Gasteiger partial charge in [0.15, 0.2) is 0 Å². The zero-order valence-electron chi connectivity index (χ0n) is 12.8. The predicted molar refractivity (Wildman–Crippen MR) is 94.3 cm³/mol. The monoisotopic (exact) mass is 319 g/mol. The molecule has 3 rings (SSSR count). The van der Waals surface area contributed by atoms with Gasteiger partial charge in [0.2, 0.25) is 0 Å². The quantitative estimate of drug-likeness (QED) is 0.725. The van der Waals surface area contributed by atoms with Gasteiger partial charge in [-0.15, -0.1) is 22.7 Å². The van der Waals surface area contributed by atoms with E-state index >= 15 is 0 Å². The maximum atomic E-state index is 3.98. The van der Waals surface area contributed by atoms with Crippen LogP contribution in [0.15, 0.2) is 35.0 Å². The molecule has 1 fully saturated rings. The first-order chi connectivity index (χ1) is 10.3. The minimum Gasteiger partial charge on any atom is -0.306 e. The van der Waals surface area contributed by atoms with Crippen molar-refractivity contribution in [1.29, 1.82) is 0 Å². The van der Waals surface area contributed by atoms with Crippen LogP contribution < -0.4 is 5.32 Å². The number of thiophene rings is 2. The SMILES string of the molecule is CCC1CCCC(NC(Cc2cccs2)c2cccs2)C1. The van der Waals surface area contributed by atoms with Crippen LogP contribution in [0.25, 0.3) is 0 Å². The molecule has 2 aromatic heterocycles. The maximum absolute atomic E-state index is 3.98. The van der Waals surface area contributed by atoms with Gasteiger partial charge in [-0.25, -0.2) is 0 Å². The summed E-state index contributed by atoms with van der Waals surface area (Å²) in [5.74, 6) is 0.932. The van der Waals surface area contributed by atoms with Gasteiger partial charge in [-0.3, -0.25) is 0 Å². The normalized spacial score (nSPS) is 24.0. The van der Waals surface area contributed by atoms with Gasteiger partial charge in [-0.2, -0.15) is 0 Å². The molecular formula is C18H25NS2. The second kappa shape index (κ2) is 7.57. The predicted octanol–water partition coefficient (Wildman–Crippen LogP) is 5.65. The summed E-state index contributed by atoms with van der Waals surface area (Å²) in [6.07, 6.45) is 8.01. The van der Waals surface area contributed by atoms with Crippen LogP contribution in [0.5, 0.6) is 0 Å². The molecule has 2 aromatic rings. The lowest BCUT2D eigenvalue weighted by Gasteiger charge is -2.32. The first-order valence-electron chi connectivity index (χ1n) is 8.17. The fourth-order valence-corrected chi connectivity index (χ4v) is 5.00. The Morgan fingerprint density at radius 1 is 1.19 bits per heavy atom. The topological polar surface area (TPSA) is 12.0 Å². The molecule has 3 heteroatoms. The van der Waals surface area contributed by atoms with Crippen molar-refractivity contribution in [2.45, 2.75) is 57.5 Å². The zero-order chi connectivity index (χ0) is 14.5. The molecule has 0 aromatic carbocycles. The fourth-order valence-electron chi connectivity index (χ4n) is 3.46. The van der Waals surface area contributed by atoms with Crippen molar-refractivity contribution in [1.82, 2.24) is 5.32 Å². The summed E-state index contributed by atoms with van der Waals surface area (Å²) < 4.78 is 0. The van der Waals surface area contributed by atoms with E-state index in [2.05, 4.69) is 47.3 Å². The third-order valence-corrected chi connectivity index (χ3v) is 6.55. The van der Waals surface area contributed by atoms with Crippen molar-refractivity contribution < 1.29 is 0 Å². The third-order valence-electron chi connectivity index (χ3n) is 4.67. The summed E-state index contributed by atoms with van der Waals surface area (Å²) >= 11 is 3.77. The summed E-state index contributed by atoms with van der Waals surface area (Å²) in [6, 6.07) is 10.1. The van der Waals surface area contributed by atoms with Gasteiger partial charge in [0.25, 0.3) is 0 Å². The van der Waals surface area contributed by atoms with E-state index in [1.54, 1.807) is 0 Å². The number of hydrogen-bond donors (Lipinski definition) is 1. The summed E-state index contributed by atoms with van der Waals surface area (Å²) in [5.41, 5.74) is 0. The molecule has 0 spiro atoms. The van der Waals surface area contributed by atoms with E-state index < -0.39 is 0 Å². The van der Waals surface area contributed by atoms with Crippen LogP contribution in [-0.2, 0) is 6.42 Å². The van der Waals surface area contributed by atoms with Crippen molar-refractivity contribution in [3.05, 3.63) is 44.8 Å². The first kappa shape index (κ1) is 15.3. The Bertz CT molecular complexity index is 503. The number of nitrogens with one attached hydrogen (secondary N) is 1. The molecule has 21 heavy (non-hydrogen) atoms. The minimum atomic E-state index is 0.490. The third kappa shape index (κ3) is 4.18. The Balaban J connectivity index is 1.67. The summed E-state index contributed by atoms with van der Waals surface area (Å²) in [5, 5.41) is 8.37. The van der Waals surface area contributed by atoms with Crippen LogP contribution in [-0.4, -0.2) is 6.04 Å². The van der Waals surface area contributed by atoms with Gasteiger partial charge >= 0.3 is 0 Å². The van der Waals surface area contributed by atoms with E-state index in [4.69, 9.17) is 0 Å². The molecule has 114 valence electrons. The largest absolute Gasteiger partial charge is 0.306 e. The van der Waals surface area contributed by atoms with Crippen LogP contribution in [0.4, 0.5) is 0 Å². The van der Waals surface area contributed by atoms with Crippen molar-refractivity contribution >= 4 is 22.7 Å². The summed E-state index contributed by atoms with van der Waals surface area (Å²) in [6.45, 7) is 2.34. The van der Waals surface area contributed by atoms with E-state index in [9.17, 15) is 0 Å². The van der Waals surface area contributed by atoms with Gasteiger partial charge in [0.1, 0.15) is 0 Å². The lowest BCUT2D eigenvalue weighted by atomic mass is 9.84. The van der Waals surface area contributed by atoms with E-state index in [0.717, 1.165) is 12.3 Å². The molecule has 0 radical (unpaired) electrons. The van der Waals surface area contributed by atoms with Crippen molar-refractivity contribution in [3.8, 4) is 0 Å². The number of hydrogen-bond acceptors (Lipinski definition) is 3. The highest BCUT2D eigenvalue weighted by atomic mass is 32.1. The van der Waals surface area contributed by atoms with Gasteiger partial charge in [-0.1, -0.05) is 38.3 Å². The van der Waals surface area contributed by atoms with Crippen LogP contribution >= 0.6 is 22.7 Å². The van der Waals surface area contributed by atoms with E-state index in [-0.39, 0.29) is 0 Å². The smallest absolute Gasteiger partial charge is 0.0465 e. The molecule has 0 aliphatic heterocycles. The standard InChI is InChI=1S/C18H25NS2/c1-2-14-6-3-7-15(12-14)19-17(18-9-5-11-21-18)13-16-8-4-10-20-16/h4-5,8-11,14-15,17,19H,2-3,6-7,12-13H2,1H3. The summed E-state index contributed by atoms with van der Waals surface area (Å²) in [7, 11) is 0. The second-order valence-electron chi connectivity index (χ2n) is 6.16. The highest BCUT2D eigenvalue weighted by molar-refractivity contribution is 7.10. The van der Waals surface area contributed by atoms with Gasteiger partial charge < -0.3 is 5.32 Å². The molecule has 1 aliphatic rings. The lowest BCUT2D eigenvalue weighted by Crippen LogP contribution is -2.37. The zero-order valence-corrected chi connectivity index (χ0v) is 14.4. The molecule has 0 amide bonds. The molecule has 1 aliphatic carbocycles. The Kier molecular flexibility index (Phi) is 5.50. The minimum absolute atomic E-state index is 0.490. The fraction of sp³-hybridized carbons (Fsp3) is 0.556. The van der Waals surface area contributed by atoms with Gasteiger partial charge in [-0.05, 0) is 41.7 Å². The van der Waals surface area contributed by atoms with Gasteiger partial charge in [0.05, 0.1) is 0 Å². The molecule has 1 saturated carbocycles. The Labute approximate surface area is 136 Å². The molecule has 0 bridgehead atoms. The van der Waals surface area contributed by atoms with E-state index in [1.165, 1.54) is 41.9 Å². The lowest BCUT2D eigenvalue weighted by molar-refractivity contribution is 0.262. The van der Waals surface area contributed by atoms with E-state index in [1.807, 2.05) is 22.7 Å². The summed E-state index contributed by atoms with van der Waals surface area (Å²) in [4.78, 5) is 2.98. The molecule has 3 unspecified atom stereocenters. The molecule has 1 nitrogen and oxygen atoms in total. The Morgan fingerprint density at radius 3 is 2.76 bits per heavy atom. The van der Waals surface area contributed by atoms with E-state index in [0.29, 0.717) is 12.1 Å². The van der Waals surface area contributed by atoms with Crippen molar-refractivity contribution in [2.75, 3.05) is 0 Å². The Morgan fingerprint density at radius 2 is 2.05 bits per heavy atom. The molecular weight excluding hydrogens is 294 g/mol. The van der Waals surface area contributed by atoms with Crippen LogP contribution in [0.3, 0.4) is 0 Å². The Hall–Kier alpha value is -0.640. The van der Waals surface area contributed by atoms with Crippen LogP contribution in [0.2, 0.25) is 0 Å². The molecule has 1 N–H and O–H groups in total. The average molecular weight is 320 g/mol. The number of rotatable bonds is 6.